The van der Waals surface area contributed by atoms with Gasteiger partial charge in [-0.2, -0.15) is 13.2 Å². The summed E-state index contributed by atoms with van der Waals surface area (Å²) in [4.78, 5) is 21.6. The molecule has 0 aliphatic rings. The van der Waals surface area contributed by atoms with Crippen LogP contribution in [-0.2, 0) is 4.79 Å². The Bertz CT molecular complexity index is 438. The molecule has 0 spiro atoms. The smallest absolute Gasteiger partial charge is 0.471 e. The predicted molar refractivity (Wildman–Crippen MR) is 50.7 cm³/mol. The molecule has 0 aliphatic carbocycles. The molecule has 1 aromatic rings. The first-order chi connectivity index (χ1) is 7.23. The lowest BCUT2D eigenvalue weighted by Crippen LogP contribution is -2.30. The van der Waals surface area contributed by atoms with Gasteiger partial charge in [-0.05, 0) is 6.92 Å². The van der Waals surface area contributed by atoms with Crippen molar-refractivity contribution < 1.29 is 27.9 Å². The van der Waals surface area contributed by atoms with Crippen LogP contribution in [0.25, 0.3) is 0 Å². The number of aromatic carboxylic acids is 1. The van der Waals surface area contributed by atoms with E-state index in [1.807, 2.05) is 0 Å². The Labute approximate surface area is 91.7 Å². The summed E-state index contributed by atoms with van der Waals surface area (Å²) < 4.78 is 35.8. The van der Waals surface area contributed by atoms with Gasteiger partial charge in [0, 0.05) is 10.3 Å². The number of hydrogen-bond donors (Lipinski definition) is 2. The first-order valence-electron chi connectivity index (χ1n) is 3.93. The Morgan fingerprint density at radius 3 is 2.44 bits per heavy atom. The maximum atomic E-state index is 11.9. The van der Waals surface area contributed by atoms with E-state index in [4.69, 9.17) is 5.11 Å². The number of carbonyl (C=O) groups is 2. The van der Waals surface area contributed by atoms with Gasteiger partial charge in [-0.15, -0.1) is 11.3 Å². The van der Waals surface area contributed by atoms with E-state index in [1.54, 1.807) is 0 Å². The molecule has 0 aromatic carbocycles. The lowest BCUT2D eigenvalue weighted by atomic mass is 10.2. The lowest BCUT2D eigenvalue weighted by Gasteiger charge is -2.07. The number of rotatable bonds is 2. The zero-order valence-corrected chi connectivity index (χ0v) is 8.70. The zero-order chi connectivity index (χ0) is 12.5. The average Bonchev–Trinajstić information content (AvgIpc) is 2.45. The summed E-state index contributed by atoms with van der Waals surface area (Å²) in [6.45, 7) is 1.44. The summed E-state index contributed by atoms with van der Waals surface area (Å²) in [5, 5.41) is 11.4. The van der Waals surface area contributed by atoms with Gasteiger partial charge in [0.2, 0.25) is 0 Å². The highest BCUT2D eigenvalue weighted by Crippen LogP contribution is 2.28. The molecule has 0 bridgehead atoms. The molecule has 8 heteroatoms. The van der Waals surface area contributed by atoms with Crippen molar-refractivity contribution in [2.75, 3.05) is 5.32 Å². The van der Waals surface area contributed by atoms with Gasteiger partial charge in [0.25, 0.3) is 0 Å². The molecular formula is C8H6F3NO3S. The van der Waals surface area contributed by atoms with Crippen LogP contribution in [0.3, 0.4) is 0 Å². The van der Waals surface area contributed by atoms with Crippen LogP contribution in [0.1, 0.15) is 15.2 Å². The molecular weight excluding hydrogens is 247 g/mol. The molecule has 0 fully saturated rings. The van der Waals surface area contributed by atoms with Gasteiger partial charge < -0.3 is 10.4 Å². The molecule has 0 saturated heterocycles. The van der Waals surface area contributed by atoms with E-state index in [-0.39, 0.29) is 11.3 Å². The molecule has 0 radical (unpaired) electrons. The number of amides is 1. The second-order valence-electron chi connectivity index (χ2n) is 2.84. The normalized spacial score (nSPS) is 11.2. The number of thiophene rings is 1. The van der Waals surface area contributed by atoms with E-state index in [1.165, 1.54) is 12.2 Å². The van der Waals surface area contributed by atoms with Crippen molar-refractivity contribution >= 4 is 28.9 Å². The van der Waals surface area contributed by atoms with Gasteiger partial charge in [-0.3, -0.25) is 4.79 Å². The first kappa shape index (κ1) is 12.5. The summed E-state index contributed by atoms with van der Waals surface area (Å²) in [7, 11) is 0. The van der Waals surface area contributed by atoms with Crippen LogP contribution in [0.2, 0.25) is 0 Å². The van der Waals surface area contributed by atoms with Crippen molar-refractivity contribution in [1.82, 2.24) is 0 Å². The second kappa shape index (κ2) is 4.12. The van der Waals surface area contributed by atoms with Crippen molar-refractivity contribution in [3.63, 3.8) is 0 Å². The second-order valence-corrected chi connectivity index (χ2v) is 3.92. The number of hydrogen-bond acceptors (Lipinski definition) is 3. The van der Waals surface area contributed by atoms with Crippen LogP contribution in [0.5, 0.6) is 0 Å². The Morgan fingerprint density at radius 1 is 1.44 bits per heavy atom. The molecule has 16 heavy (non-hydrogen) atoms. The van der Waals surface area contributed by atoms with Crippen molar-refractivity contribution in [2.24, 2.45) is 0 Å². The minimum atomic E-state index is -5.04. The highest BCUT2D eigenvalue weighted by Gasteiger charge is 2.39. The summed E-state index contributed by atoms with van der Waals surface area (Å²) in [5.74, 6) is -3.57. The van der Waals surface area contributed by atoms with Gasteiger partial charge in [-0.25, -0.2) is 4.79 Å². The van der Waals surface area contributed by atoms with Gasteiger partial charge in [0.05, 0.1) is 11.3 Å². The maximum Gasteiger partial charge on any atom is 0.471 e. The Hall–Kier alpha value is -1.57. The summed E-state index contributed by atoms with van der Waals surface area (Å²) in [6.07, 6.45) is -5.04. The van der Waals surface area contributed by atoms with Crippen molar-refractivity contribution in [3.8, 4) is 0 Å². The number of alkyl halides is 3. The fourth-order valence-electron chi connectivity index (χ4n) is 1.01. The Kier molecular flexibility index (Phi) is 3.22. The first-order valence-corrected chi connectivity index (χ1v) is 4.81. The zero-order valence-electron chi connectivity index (χ0n) is 7.88. The third kappa shape index (κ3) is 2.51. The highest BCUT2D eigenvalue weighted by molar-refractivity contribution is 7.10. The molecule has 0 atom stereocenters. The summed E-state index contributed by atoms with van der Waals surface area (Å²) in [6, 6.07) is 0. The number of carboxylic acids is 1. The van der Waals surface area contributed by atoms with E-state index >= 15 is 0 Å². The molecule has 2 N–H and O–H groups in total. The molecule has 4 nitrogen and oxygen atoms in total. The SMILES string of the molecule is Cc1scc(NC(=O)C(F)(F)F)c1C(=O)O. The van der Waals surface area contributed by atoms with E-state index in [0.717, 1.165) is 16.7 Å². The quantitative estimate of drug-likeness (QED) is 0.849. The minimum absolute atomic E-state index is 0.317. The van der Waals surface area contributed by atoms with Crippen LogP contribution in [0.15, 0.2) is 5.38 Å². The molecule has 1 heterocycles. The van der Waals surface area contributed by atoms with Gasteiger partial charge >= 0.3 is 18.1 Å². The topological polar surface area (TPSA) is 66.4 Å². The van der Waals surface area contributed by atoms with Crippen molar-refractivity contribution in [3.05, 3.63) is 15.8 Å². The molecule has 0 aliphatic heterocycles. The summed E-state index contributed by atoms with van der Waals surface area (Å²) in [5.41, 5.74) is -0.653. The molecule has 0 saturated carbocycles. The molecule has 0 unspecified atom stereocenters. The summed E-state index contributed by atoms with van der Waals surface area (Å²) >= 11 is 0.949. The predicted octanol–water partition coefficient (Wildman–Crippen LogP) is 2.26. The van der Waals surface area contributed by atoms with Crippen LogP contribution >= 0.6 is 11.3 Å². The van der Waals surface area contributed by atoms with Crippen molar-refractivity contribution in [2.45, 2.75) is 13.1 Å². The molecule has 1 aromatic heterocycles. The number of anilines is 1. The van der Waals surface area contributed by atoms with Crippen molar-refractivity contribution in [1.29, 1.82) is 0 Å². The number of aryl methyl sites for hydroxylation is 1. The molecule has 1 amide bonds. The Balaban J connectivity index is 2.99. The fourth-order valence-corrected chi connectivity index (χ4v) is 1.79. The monoisotopic (exact) mass is 253 g/mol. The molecule has 1 rings (SSSR count). The largest absolute Gasteiger partial charge is 0.478 e. The average molecular weight is 253 g/mol. The maximum absolute atomic E-state index is 11.9. The van der Waals surface area contributed by atoms with E-state index < -0.39 is 18.1 Å². The van der Waals surface area contributed by atoms with Crippen LogP contribution < -0.4 is 5.32 Å². The Morgan fingerprint density at radius 2 is 2.00 bits per heavy atom. The van der Waals surface area contributed by atoms with Crippen LogP contribution in [0, 0.1) is 6.92 Å². The number of carboxylic acid groups (broad SMARTS) is 1. The van der Waals surface area contributed by atoms with Gasteiger partial charge in [0.1, 0.15) is 0 Å². The van der Waals surface area contributed by atoms with E-state index in [0.29, 0.717) is 4.88 Å². The van der Waals surface area contributed by atoms with Crippen LogP contribution in [-0.4, -0.2) is 23.2 Å². The number of halogens is 3. The number of carbonyl (C=O) groups excluding carboxylic acids is 1. The lowest BCUT2D eigenvalue weighted by molar-refractivity contribution is -0.167. The fraction of sp³-hybridized carbons (Fsp3) is 0.250. The standard InChI is InChI=1S/C8H6F3NO3S/c1-3-5(6(13)14)4(2-16-3)12-7(15)8(9,10)11/h2H,1H3,(H,12,15)(H,13,14). The van der Waals surface area contributed by atoms with Gasteiger partial charge in [0.15, 0.2) is 0 Å². The van der Waals surface area contributed by atoms with Crippen LogP contribution in [0.4, 0.5) is 18.9 Å². The van der Waals surface area contributed by atoms with E-state index in [2.05, 4.69) is 0 Å². The third-order valence-corrected chi connectivity index (χ3v) is 2.61. The highest BCUT2D eigenvalue weighted by atomic mass is 32.1. The van der Waals surface area contributed by atoms with Gasteiger partial charge in [-0.1, -0.05) is 0 Å². The minimum Gasteiger partial charge on any atom is -0.478 e. The third-order valence-electron chi connectivity index (χ3n) is 1.69. The van der Waals surface area contributed by atoms with E-state index in [9.17, 15) is 22.8 Å². The molecule has 88 valence electrons. The number of nitrogens with one attached hydrogen (secondary N) is 1.